The molecule has 184 valence electrons. The molecule has 0 amide bonds. The first-order valence-electron chi connectivity index (χ1n) is 12.3. The van der Waals surface area contributed by atoms with E-state index in [-0.39, 0.29) is 5.85 Å². The molecule has 0 radical (unpaired) electrons. The van der Waals surface area contributed by atoms with Crippen LogP contribution in [0.3, 0.4) is 0 Å². The molecule has 0 aliphatic heterocycles. The molecule has 0 bridgehead atoms. The van der Waals surface area contributed by atoms with Crippen molar-refractivity contribution in [3.63, 3.8) is 0 Å². The van der Waals surface area contributed by atoms with E-state index in [1.807, 2.05) is 48.5 Å². The fourth-order valence-corrected chi connectivity index (χ4v) is 9.48. The highest BCUT2D eigenvalue weighted by Crippen LogP contribution is 2.61. The molecule has 1 unspecified atom stereocenters. The Bertz CT molecular complexity index is 1310. The SMILES string of the molecule is Fc1ccc(CC(OCc2ccccc2)[P+](c2ccccc2)(c2ccccc2)c2ccccc2)cc1F. The summed E-state index contributed by atoms with van der Waals surface area (Å²) in [4.78, 5) is 0. The second-order valence-electron chi connectivity index (χ2n) is 8.93. The Kier molecular flexibility index (Phi) is 7.84. The lowest BCUT2D eigenvalue weighted by Crippen LogP contribution is -2.41. The third kappa shape index (κ3) is 5.39. The number of rotatable bonds is 9. The number of hydrogen-bond acceptors (Lipinski definition) is 1. The van der Waals surface area contributed by atoms with Crippen LogP contribution in [0.2, 0.25) is 0 Å². The Morgan fingerprint density at radius 3 is 1.43 bits per heavy atom. The maximum atomic E-state index is 14.3. The standard InChI is InChI=1S/C33H28F2OP/c34-31-22-21-27(23-32(31)35)24-33(36-25-26-13-5-1-6-14-26)37(28-15-7-2-8-16-28,29-17-9-3-10-18-29)30-19-11-4-12-20-30/h1-23,33H,24-25H2/q+1. The molecular formula is C33H28F2OP+. The van der Waals surface area contributed by atoms with Crippen molar-refractivity contribution in [2.24, 2.45) is 0 Å². The summed E-state index contributed by atoms with van der Waals surface area (Å²) in [5.74, 6) is -2.02. The summed E-state index contributed by atoms with van der Waals surface area (Å²) in [6.45, 7) is 0.406. The Hall–Kier alpha value is -3.65. The van der Waals surface area contributed by atoms with Gasteiger partial charge in [0.25, 0.3) is 0 Å². The van der Waals surface area contributed by atoms with E-state index in [0.717, 1.165) is 5.56 Å². The molecule has 0 fully saturated rings. The third-order valence-corrected chi connectivity index (χ3v) is 11.1. The smallest absolute Gasteiger partial charge is 0.185 e. The van der Waals surface area contributed by atoms with E-state index in [4.69, 9.17) is 4.74 Å². The van der Waals surface area contributed by atoms with Crippen molar-refractivity contribution in [2.45, 2.75) is 18.9 Å². The van der Waals surface area contributed by atoms with Gasteiger partial charge in [-0.2, -0.15) is 0 Å². The van der Waals surface area contributed by atoms with Gasteiger partial charge in [-0.25, -0.2) is 8.78 Å². The summed E-state index contributed by atoms with van der Waals surface area (Å²) >= 11 is 0. The van der Waals surface area contributed by atoms with Gasteiger partial charge in [0.05, 0.1) is 6.61 Å². The Labute approximate surface area is 217 Å². The highest BCUT2D eigenvalue weighted by molar-refractivity contribution is 7.96. The normalized spacial score (nSPS) is 12.3. The van der Waals surface area contributed by atoms with E-state index in [9.17, 15) is 8.78 Å². The van der Waals surface area contributed by atoms with Crippen molar-refractivity contribution in [1.29, 1.82) is 0 Å². The van der Waals surface area contributed by atoms with Crippen molar-refractivity contribution >= 4 is 23.2 Å². The first-order chi connectivity index (χ1) is 18.2. The molecule has 0 aliphatic rings. The lowest BCUT2D eigenvalue weighted by atomic mass is 10.1. The minimum Gasteiger partial charge on any atom is -0.338 e. The van der Waals surface area contributed by atoms with Gasteiger partial charge >= 0.3 is 0 Å². The molecule has 37 heavy (non-hydrogen) atoms. The van der Waals surface area contributed by atoms with Crippen LogP contribution in [0.15, 0.2) is 140 Å². The largest absolute Gasteiger partial charge is 0.338 e. The lowest BCUT2D eigenvalue weighted by Gasteiger charge is -2.34. The Balaban J connectivity index is 1.73. The molecule has 4 heteroatoms. The molecule has 0 saturated carbocycles. The van der Waals surface area contributed by atoms with Crippen molar-refractivity contribution in [1.82, 2.24) is 0 Å². The number of ether oxygens (including phenoxy) is 1. The van der Waals surface area contributed by atoms with Crippen LogP contribution in [-0.4, -0.2) is 5.85 Å². The van der Waals surface area contributed by atoms with Crippen molar-refractivity contribution in [3.8, 4) is 0 Å². The van der Waals surface area contributed by atoms with Gasteiger partial charge in [0.2, 0.25) is 0 Å². The number of hydrogen-bond donors (Lipinski definition) is 0. The van der Waals surface area contributed by atoms with E-state index < -0.39 is 18.9 Å². The van der Waals surface area contributed by atoms with Crippen LogP contribution < -0.4 is 15.9 Å². The number of benzene rings is 5. The van der Waals surface area contributed by atoms with E-state index in [2.05, 4.69) is 72.8 Å². The predicted molar refractivity (Wildman–Crippen MR) is 150 cm³/mol. The first kappa shape index (κ1) is 25.0. The molecule has 1 nitrogen and oxygen atoms in total. The van der Waals surface area contributed by atoms with Crippen molar-refractivity contribution in [2.75, 3.05) is 0 Å². The van der Waals surface area contributed by atoms with Crippen LogP contribution in [0.5, 0.6) is 0 Å². The van der Waals surface area contributed by atoms with E-state index >= 15 is 0 Å². The van der Waals surface area contributed by atoms with Crippen LogP contribution in [0.25, 0.3) is 0 Å². The van der Waals surface area contributed by atoms with Gasteiger partial charge in [-0.05, 0) is 59.7 Å². The predicted octanol–water partition coefficient (Wildman–Crippen LogP) is 7.04. The zero-order valence-electron chi connectivity index (χ0n) is 20.4. The zero-order valence-corrected chi connectivity index (χ0v) is 21.3. The highest BCUT2D eigenvalue weighted by Gasteiger charge is 2.53. The van der Waals surface area contributed by atoms with Crippen LogP contribution in [-0.2, 0) is 17.8 Å². The second-order valence-corrected chi connectivity index (χ2v) is 12.5. The van der Waals surface area contributed by atoms with Crippen LogP contribution in [0.4, 0.5) is 8.78 Å². The van der Waals surface area contributed by atoms with E-state index in [1.165, 1.54) is 28.0 Å². The molecule has 5 aromatic carbocycles. The Morgan fingerprint density at radius 2 is 0.973 bits per heavy atom. The van der Waals surface area contributed by atoms with Gasteiger partial charge < -0.3 is 4.74 Å². The Morgan fingerprint density at radius 1 is 0.514 bits per heavy atom. The van der Waals surface area contributed by atoms with Gasteiger partial charge in [-0.15, -0.1) is 0 Å². The lowest BCUT2D eigenvalue weighted by molar-refractivity contribution is 0.0952. The third-order valence-electron chi connectivity index (χ3n) is 6.60. The average molecular weight is 510 g/mol. The van der Waals surface area contributed by atoms with Crippen LogP contribution in [0.1, 0.15) is 11.1 Å². The first-order valence-corrected chi connectivity index (χ1v) is 14.2. The summed E-state index contributed by atoms with van der Waals surface area (Å²) in [5.41, 5.74) is 1.76. The summed E-state index contributed by atoms with van der Waals surface area (Å²) in [7, 11) is -2.43. The topological polar surface area (TPSA) is 9.23 Å². The highest BCUT2D eigenvalue weighted by atomic mass is 31.2. The zero-order chi connectivity index (χ0) is 25.5. The van der Waals surface area contributed by atoms with Crippen molar-refractivity contribution < 1.29 is 13.5 Å². The molecule has 5 aromatic rings. The van der Waals surface area contributed by atoms with Crippen LogP contribution in [0, 0.1) is 11.6 Å². The second kappa shape index (κ2) is 11.6. The summed E-state index contributed by atoms with van der Waals surface area (Å²) in [6, 6.07) is 45.6. The summed E-state index contributed by atoms with van der Waals surface area (Å²) < 4.78 is 35.0. The fourth-order valence-electron chi connectivity index (χ4n) is 4.88. The van der Waals surface area contributed by atoms with Gasteiger partial charge in [-0.1, -0.05) is 91.0 Å². The molecule has 0 N–H and O–H groups in total. The number of halogens is 2. The van der Waals surface area contributed by atoms with E-state index in [1.54, 1.807) is 6.07 Å². The fraction of sp³-hybridized carbons (Fsp3) is 0.0909. The molecule has 1 atom stereocenters. The van der Waals surface area contributed by atoms with Crippen molar-refractivity contribution in [3.05, 3.63) is 162 Å². The maximum Gasteiger partial charge on any atom is 0.185 e. The average Bonchev–Trinajstić information content (AvgIpc) is 2.96. The van der Waals surface area contributed by atoms with Crippen LogP contribution >= 0.6 is 7.26 Å². The van der Waals surface area contributed by atoms with E-state index in [0.29, 0.717) is 18.6 Å². The molecular weight excluding hydrogens is 481 g/mol. The maximum absolute atomic E-state index is 14.3. The minimum atomic E-state index is -2.43. The molecule has 0 saturated heterocycles. The molecule has 0 aliphatic carbocycles. The summed E-state index contributed by atoms with van der Waals surface area (Å²) in [6.07, 6.45) is 0.427. The molecule has 0 aromatic heterocycles. The quantitative estimate of drug-likeness (QED) is 0.194. The molecule has 0 spiro atoms. The molecule has 5 rings (SSSR count). The minimum absolute atomic E-state index is 0.329. The van der Waals surface area contributed by atoms with Gasteiger partial charge in [0.1, 0.15) is 23.2 Å². The van der Waals surface area contributed by atoms with Gasteiger partial charge in [-0.3, -0.25) is 0 Å². The summed E-state index contributed by atoms with van der Waals surface area (Å²) in [5, 5.41) is 3.52. The van der Waals surface area contributed by atoms with Gasteiger partial charge in [0.15, 0.2) is 17.5 Å². The monoisotopic (exact) mass is 509 g/mol. The van der Waals surface area contributed by atoms with Gasteiger partial charge in [0, 0.05) is 6.42 Å². The molecule has 0 heterocycles.